The van der Waals surface area contributed by atoms with E-state index in [1.54, 1.807) is 0 Å². The monoisotopic (exact) mass is 284 g/mol. The zero-order valence-electron chi connectivity index (χ0n) is 14.2. The SMILES string of the molecule is CCCCCCC(CN(CCC)CCC)C(=O)NCC. The van der Waals surface area contributed by atoms with Crippen LogP contribution >= 0.6 is 0 Å². The second kappa shape index (κ2) is 13.4. The molecular weight excluding hydrogens is 248 g/mol. The number of carbonyl (C=O) groups excluding carboxylic acids is 1. The Kier molecular flexibility index (Phi) is 13.0. The van der Waals surface area contributed by atoms with Gasteiger partial charge in [0.05, 0.1) is 5.92 Å². The molecule has 0 aromatic rings. The van der Waals surface area contributed by atoms with E-state index in [2.05, 4.69) is 31.0 Å². The highest BCUT2D eigenvalue weighted by molar-refractivity contribution is 5.78. The Morgan fingerprint density at radius 3 is 2.10 bits per heavy atom. The zero-order chi connectivity index (χ0) is 15.2. The molecule has 0 heterocycles. The van der Waals surface area contributed by atoms with E-state index in [0.717, 1.165) is 45.4 Å². The van der Waals surface area contributed by atoms with Gasteiger partial charge < -0.3 is 10.2 Å². The third kappa shape index (κ3) is 9.35. The molecular formula is C17H36N2O. The van der Waals surface area contributed by atoms with Gasteiger partial charge in [-0.2, -0.15) is 0 Å². The van der Waals surface area contributed by atoms with E-state index in [-0.39, 0.29) is 11.8 Å². The largest absolute Gasteiger partial charge is 0.356 e. The van der Waals surface area contributed by atoms with Crippen molar-refractivity contribution in [2.45, 2.75) is 72.6 Å². The van der Waals surface area contributed by atoms with E-state index in [1.165, 1.54) is 25.7 Å². The van der Waals surface area contributed by atoms with Crippen LogP contribution in [0.1, 0.15) is 72.6 Å². The smallest absolute Gasteiger partial charge is 0.224 e. The molecule has 0 saturated carbocycles. The molecule has 20 heavy (non-hydrogen) atoms. The van der Waals surface area contributed by atoms with Crippen LogP contribution in [0.2, 0.25) is 0 Å². The van der Waals surface area contributed by atoms with Gasteiger partial charge in [0.1, 0.15) is 0 Å². The van der Waals surface area contributed by atoms with E-state index in [0.29, 0.717) is 0 Å². The van der Waals surface area contributed by atoms with Gasteiger partial charge in [-0.05, 0) is 39.3 Å². The second-order valence-corrected chi connectivity index (χ2v) is 5.74. The fourth-order valence-electron chi connectivity index (χ4n) is 2.68. The van der Waals surface area contributed by atoms with Crippen molar-refractivity contribution in [1.29, 1.82) is 0 Å². The fraction of sp³-hybridized carbons (Fsp3) is 0.941. The minimum atomic E-state index is 0.171. The molecule has 0 aromatic carbocycles. The first-order chi connectivity index (χ1) is 9.69. The number of carbonyl (C=O) groups is 1. The summed E-state index contributed by atoms with van der Waals surface area (Å²) in [6.45, 7) is 12.5. The van der Waals surface area contributed by atoms with Crippen LogP contribution < -0.4 is 5.32 Å². The van der Waals surface area contributed by atoms with Crippen molar-refractivity contribution in [2.75, 3.05) is 26.2 Å². The van der Waals surface area contributed by atoms with Crippen molar-refractivity contribution in [3.8, 4) is 0 Å². The van der Waals surface area contributed by atoms with Gasteiger partial charge in [-0.15, -0.1) is 0 Å². The molecule has 1 unspecified atom stereocenters. The van der Waals surface area contributed by atoms with Gasteiger partial charge in [0.25, 0.3) is 0 Å². The van der Waals surface area contributed by atoms with E-state index in [4.69, 9.17) is 0 Å². The van der Waals surface area contributed by atoms with Crippen molar-refractivity contribution >= 4 is 5.91 Å². The number of hydrogen-bond donors (Lipinski definition) is 1. The predicted molar refractivity (Wildman–Crippen MR) is 88.0 cm³/mol. The van der Waals surface area contributed by atoms with Crippen LogP contribution in [0.3, 0.4) is 0 Å². The molecule has 0 aliphatic carbocycles. The highest BCUT2D eigenvalue weighted by Gasteiger charge is 2.20. The molecule has 120 valence electrons. The number of unbranched alkanes of at least 4 members (excludes halogenated alkanes) is 3. The quantitative estimate of drug-likeness (QED) is 0.521. The Morgan fingerprint density at radius 2 is 1.60 bits per heavy atom. The van der Waals surface area contributed by atoms with Gasteiger partial charge in [0.2, 0.25) is 5.91 Å². The van der Waals surface area contributed by atoms with Gasteiger partial charge in [-0.1, -0.05) is 46.5 Å². The summed E-state index contributed by atoms with van der Waals surface area (Å²) in [5.41, 5.74) is 0. The summed E-state index contributed by atoms with van der Waals surface area (Å²) in [6, 6.07) is 0. The maximum Gasteiger partial charge on any atom is 0.224 e. The van der Waals surface area contributed by atoms with Crippen LogP contribution in [0.5, 0.6) is 0 Å². The molecule has 0 aliphatic rings. The molecule has 0 fully saturated rings. The van der Waals surface area contributed by atoms with E-state index < -0.39 is 0 Å². The van der Waals surface area contributed by atoms with Crippen molar-refractivity contribution in [1.82, 2.24) is 10.2 Å². The standard InChI is InChI=1S/C17H36N2O/c1-5-9-10-11-12-16(17(20)18-8-4)15-19(13-6-2)14-7-3/h16H,5-15H2,1-4H3,(H,18,20). The van der Waals surface area contributed by atoms with Gasteiger partial charge >= 0.3 is 0 Å². The normalized spacial score (nSPS) is 12.7. The molecule has 0 aliphatic heterocycles. The van der Waals surface area contributed by atoms with Crippen molar-refractivity contribution < 1.29 is 4.79 Å². The van der Waals surface area contributed by atoms with Crippen LogP contribution in [0.15, 0.2) is 0 Å². The summed E-state index contributed by atoms with van der Waals surface area (Å²) in [4.78, 5) is 14.7. The van der Waals surface area contributed by atoms with Crippen LogP contribution in [0, 0.1) is 5.92 Å². The van der Waals surface area contributed by atoms with E-state index in [9.17, 15) is 4.79 Å². The Hall–Kier alpha value is -0.570. The maximum absolute atomic E-state index is 12.2. The lowest BCUT2D eigenvalue weighted by Crippen LogP contribution is -2.39. The van der Waals surface area contributed by atoms with Gasteiger partial charge in [-0.25, -0.2) is 0 Å². The van der Waals surface area contributed by atoms with Crippen molar-refractivity contribution in [3.63, 3.8) is 0 Å². The lowest BCUT2D eigenvalue weighted by molar-refractivity contribution is -0.125. The van der Waals surface area contributed by atoms with Crippen LogP contribution in [0.4, 0.5) is 0 Å². The summed E-state index contributed by atoms with van der Waals surface area (Å²) >= 11 is 0. The zero-order valence-corrected chi connectivity index (χ0v) is 14.2. The average Bonchev–Trinajstić information content (AvgIpc) is 2.43. The molecule has 0 aromatic heterocycles. The Morgan fingerprint density at radius 1 is 0.950 bits per heavy atom. The minimum absolute atomic E-state index is 0.171. The van der Waals surface area contributed by atoms with Gasteiger partial charge in [-0.3, -0.25) is 4.79 Å². The number of amides is 1. The van der Waals surface area contributed by atoms with Crippen molar-refractivity contribution in [2.24, 2.45) is 5.92 Å². The van der Waals surface area contributed by atoms with E-state index >= 15 is 0 Å². The fourth-order valence-corrected chi connectivity index (χ4v) is 2.68. The predicted octanol–water partition coefficient (Wildman–Crippen LogP) is 3.83. The van der Waals surface area contributed by atoms with Crippen molar-refractivity contribution in [3.05, 3.63) is 0 Å². The van der Waals surface area contributed by atoms with Crippen LogP contribution in [-0.4, -0.2) is 37.0 Å². The number of nitrogens with zero attached hydrogens (tertiary/aromatic N) is 1. The molecule has 1 atom stereocenters. The lowest BCUT2D eigenvalue weighted by atomic mass is 9.98. The second-order valence-electron chi connectivity index (χ2n) is 5.74. The van der Waals surface area contributed by atoms with Gasteiger partial charge in [0, 0.05) is 13.1 Å². The lowest BCUT2D eigenvalue weighted by Gasteiger charge is -2.26. The molecule has 0 radical (unpaired) electrons. The molecule has 1 N–H and O–H groups in total. The molecule has 3 nitrogen and oxygen atoms in total. The topological polar surface area (TPSA) is 32.3 Å². The minimum Gasteiger partial charge on any atom is -0.356 e. The average molecular weight is 284 g/mol. The first kappa shape index (κ1) is 19.4. The molecule has 0 spiro atoms. The Bertz CT molecular complexity index is 225. The first-order valence-electron chi connectivity index (χ1n) is 8.69. The summed E-state index contributed by atoms with van der Waals surface area (Å²) < 4.78 is 0. The Balaban J connectivity index is 4.36. The molecule has 3 heteroatoms. The van der Waals surface area contributed by atoms with Gasteiger partial charge in [0.15, 0.2) is 0 Å². The summed E-state index contributed by atoms with van der Waals surface area (Å²) in [7, 11) is 0. The number of nitrogens with one attached hydrogen (secondary N) is 1. The third-order valence-electron chi connectivity index (χ3n) is 3.69. The Labute approximate surface area is 126 Å². The highest BCUT2D eigenvalue weighted by Crippen LogP contribution is 2.14. The molecule has 0 bridgehead atoms. The summed E-state index contributed by atoms with van der Waals surface area (Å²) in [5, 5.41) is 3.01. The number of rotatable bonds is 13. The van der Waals surface area contributed by atoms with Crippen LogP contribution in [0.25, 0.3) is 0 Å². The molecule has 0 rings (SSSR count). The number of hydrogen-bond acceptors (Lipinski definition) is 2. The highest BCUT2D eigenvalue weighted by atomic mass is 16.1. The third-order valence-corrected chi connectivity index (χ3v) is 3.69. The molecule has 1 amide bonds. The summed E-state index contributed by atoms with van der Waals surface area (Å²) in [6.07, 6.45) is 8.35. The molecule has 0 saturated heterocycles. The first-order valence-corrected chi connectivity index (χ1v) is 8.69. The van der Waals surface area contributed by atoms with E-state index in [1.807, 2.05) is 6.92 Å². The maximum atomic E-state index is 12.2. The van der Waals surface area contributed by atoms with Crippen LogP contribution in [-0.2, 0) is 4.79 Å². The summed E-state index contributed by atoms with van der Waals surface area (Å²) in [5.74, 6) is 0.422.